The van der Waals surface area contributed by atoms with E-state index in [4.69, 9.17) is 4.74 Å². The molecule has 0 radical (unpaired) electrons. The molecule has 6 heteroatoms. The summed E-state index contributed by atoms with van der Waals surface area (Å²) in [6, 6.07) is 9.36. The first-order chi connectivity index (χ1) is 9.20. The average Bonchev–Trinajstić information content (AvgIpc) is 2.44. The number of methoxy groups -OCH3 is 1. The van der Waals surface area contributed by atoms with Crippen LogP contribution in [0.25, 0.3) is 0 Å². The molecule has 1 aromatic rings. The Morgan fingerprint density at radius 3 is 2.89 bits per heavy atom. The van der Waals surface area contributed by atoms with Gasteiger partial charge in [0.2, 0.25) is 0 Å². The van der Waals surface area contributed by atoms with Crippen LogP contribution >= 0.6 is 0 Å². The summed E-state index contributed by atoms with van der Waals surface area (Å²) in [4.78, 5) is 23.3. The number of hydrazine groups is 1. The number of nitrogens with zero attached hydrogens (tertiary/aromatic N) is 1. The van der Waals surface area contributed by atoms with Gasteiger partial charge in [-0.05, 0) is 12.1 Å². The van der Waals surface area contributed by atoms with Crippen LogP contribution in [0.3, 0.4) is 0 Å². The number of esters is 1. The molecule has 0 bridgehead atoms. The van der Waals surface area contributed by atoms with Crippen LogP contribution in [0.15, 0.2) is 30.3 Å². The van der Waals surface area contributed by atoms with Crippen LogP contribution in [0.4, 0.5) is 5.69 Å². The Morgan fingerprint density at radius 2 is 2.21 bits per heavy atom. The van der Waals surface area contributed by atoms with E-state index in [0.717, 1.165) is 5.69 Å². The van der Waals surface area contributed by atoms with E-state index in [1.807, 2.05) is 30.3 Å². The average molecular weight is 264 g/mol. The maximum absolute atomic E-state index is 12.1. The number of carbonyl (C=O) groups is 2. The number of morpholine rings is 1. The summed E-state index contributed by atoms with van der Waals surface area (Å²) in [5.74, 6) is -0.722. The van der Waals surface area contributed by atoms with Gasteiger partial charge in [-0.1, -0.05) is 18.2 Å². The molecule has 0 aliphatic carbocycles. The van der Waals surface area contributed by atoms with Crippen molar-refractivity contribution < 1.29 is 19.1 Å². The highest BCUT2D eigenvalue weighted by molar-refractivity contribution is 5.87. The van der Waals surface area contributed by atoms with Crippen molar-refractivity contribution in [1.29, 1.82) is 0 Å². The maximum atomic E-state index is 12.1. The monoisotopic (exact) mass is 264 g/mol. The molecule has 1 heterocycles. The molecule has 1 saturated heterocycles. The van der Waals surface area contributed by atoms with E-state index in [9.17, 15) is 9.59 Å². The number of para-hydroxylation sites is 1. The molecule has 1 amide bonds. The summed E-state index contributed by atoms with van der Waals surface area (Å²) in [6.45, 7) is 0.818. The summed E-state index contributed by atoms with van der Waals surface area (Å²) in [5, 5.41) is 1.46. The molecule has 1 fully saturated rings. The van der Waals surface area contributed by atoms with Gasteiger partial charge in [0.15, 0.2) is 0 Å². The normalized spacial score (nSPS) is 19.1. The lowest BCUT2D eigenvalue weighted by molar-refractivity contribution is -0.159. The van der Waals surface area contributed by atoms with Crippen LogP contribution in [0.1, 0.15) is 6.42 Å². The number of benzene rings is 1. The van der Waals surface area contributed by atoms with E-state index in [1.165, 1.54) is 12.1 Å². The SMILES string of the molecule is COC(=O)CC1OCCN(Nc2ccccc2)C1=O. The summed E-state index contributed by atoms with van der Waals surface area (Å²) < 4.78 is 9.84. The van der Waals surface area contributed by atoms with Crippen molar-refractivity contribution in [2.45, 2.75) is 12.5 Å². The Hall–Kier alpha value is -2.08. The van der Waals surface area contributed by atoms with Crippen molar-refractivity contribution in [2.24, 2.45) is 0 Å². The van der Waals surface area contributed by atoms with Crippen LogP contribution in [-0.2, 0) is 19.1 Å². The minimum Gasteiger partial charge on any atom is -0.469 e. The van der Waals surface area contributed by atoms with Gasteiger partial charge in [-0.25, -0.2) is 0 Å². The fourth-order valence-corrected chi connectivity index (χ4v) is 1.80. The first-order valence-corrected chi connectivity index (χ1v) is 6.02. The second kappa shape index (κ2) is 6.19. The fourth-order valence-electron chi connectivity index (χ4n) is 1.80. The molecule has 1 unspecified atom stereocenters. The van der Waals surface area contributed by atoms with Gasteiger partial charge in [0.25, 0.3) is 5.91 Å². The predicted molar refractivity (Wildman–Crippen MR) is 68.2 cm³/mol. The summed E-state index contributed by atoms with van der Waals surface area (Å²) in [7, 11) is 1.29. The second-order valence-corrected chi connectivity index (χ2v) is 4.11. The topological polar surface area (TPSA) is 67.9 Å². The van der Waals surface area contributed by atoms with Crippen LogP contribution in [0, 0.1) is 0 Å². The first-order valence-electron chi connectivity index (χ1n) is 6.02. The molecule has 1 N–H and O–H groups in total. The van der Waals surface area contributed by atoms with Gasteiger partial charge in [-0.2, -0.15) is 0 Å². The third-order valence-electron chi connectivity index (χ3n) is 2.79. The molecular weight excluding hydrogens is 248 g/mol. The smallest absolute Gasteiger partial charge is 0.308 e. The Balaban J connectivity index is 1.98. The molecule has 1 aliphatic rings. The van der Waals surface area contributed by atoms with Gasteiger partial charge in [0.1, 0.15) is 6.10 Å². The molecule has 102 valence electrons. The lowest BCUT2D eigenvalue weighted by atomic mass is 10.2. The minimum absolute atomic E-state index is 0.0672. The Kier molecular flexibility index (Phi) is 4.35. The van der Waals surface area contributed by atoms with E-state index < -0.39 is 12.1 Å². The molecule has 1 aromatic carbocycles. The van der Waals surface area contributed by atoms with Gasteiger partial charge < -0.3 is 9.47 Å². The van der Waals surface area contributed by atoms with Crippen LogP contribution in [0.5, 0.6) is 0 Å². The summed E-state index contributed by atoms with van der Waals surface area (Å²) >= 11 is 0. The first kappa shape index (κ1) is 13.4. The molecule has 19 heavy (non-hydrogen) atoms. The lowest BCUT2D eigenvalue weighted by Gasteiger charge is -2.32. The maximum Gasteiger partial charge on any atom is 0.308 e. The molecule has 1 atom stereocenters. The number of nitrogens with one attached hydrogen (secondary N) is 1. The minimum atomic E-state index is -0.780. The number of ether oxygens (including phenoxy) is 2. The van der Waals surface area contributed by atoms with Gasteiger partial charge in [0.05, 0.1) is 32.4 Å². The van der Waals surface area contributed by atoms with Crippen LogP contribution < -0.4 is 5.43 Å². The number of amides is 1. The van der Waals surface area contributed by atoms with E-state index >= 15 is 0 Å². The molecule has 0 aromatic heterocycles. The predicted octanol–water partition coefficient (Wildman–Crippen LogP) is 0.804. The molecule has 0 spiro atoms. The number of carbonyl (C=O) groups excluding carboxylic acids is 2. The zero-order valence-corrected chi connectivity index (χ0v) is 10.7. The van der Waals surface area contributed by atoms with E-state index in [0.29, 0.717) is 13.2 Å². The van der Waals surface area contributed by atoms with Gasteiger partial charge in [-0.3, -0.25) is 20.0 Å². The van der Waals surface area contributed by atoms with Gasteiger partial charge in [-0.15, -0.1) is 0 Å². The van der Waals surface area contributed by atoms with Crippen molar-refractivity contribution in [3.05, 3.63) is 30.3 Å². The van der Waals surface area contributed by atoms with Gasteiger partial charge in [0, 0.05) is 0 Å². The highest BCUT2D eigenvalue weighted by atomic mass is 16.5. The Morgan fingerprint density at radius 1 is 1.47 bits per heavy atom. The largest absolute Gasteiger partial charge is 0.469 e. The zero-order valence-electron chi connectivity index (χ0n) is 10.7. The summed E-state index contributed by atoms with van der Waals surface area (Å²) in [5.41, 5.74) is 3.82. The number of hydrogen-bond donors (Lipinski definition) is 1. The second-order valence-electron chi connectivity index (χ2n) is 4.11. The van der Waals surface area contributed by atoms with E-state index in [1.54, 1.807) is 0 Å². The zero-order chi connectivity index (χ0) is 13.7. The molecule has 6 nitrogen and oxygen atoms in total. The molecule has 1 aliphatic heterocycles. The van der Waals surface area contributed by atoms with Crippen molar-refractivity contribution in [3.8, 4) is 0 Å². The standard InChI is InChI=1S/C13H16N2O4/c1-18-12(16)9-11-13(17)15(7-8-19-11)14-10-5-3-2-4-6-10/h2-6,11,14H,7-9H2,1H3. The van der Waals surface area contributed by atoms with Crippen molar-refractivity contribution in [2.75, 3.05) is 25.7 Å². The quantitative estimate of drug-likeness (QED) is 0.815. The molecule has 0 saturated carbocycles. The molecule has 2 rings (SSSR count). The third-order valence-corrected chi connectivity index (χ3v) is 2.79. The Bertz CT molecular complexity index is 449. The number of rotatable bonds is 4. The Labute approximate surface area is 111 Å². The van der Waals surface area contributed by atoms with Crippen molar-refractivity contribution >= 4 is 17.6 Å². The van der Waals surface area contributed by atoms with Crippen LogP contribution in [-0.4, -0.2) is 43.3 Å². The lowest BCUT2D eigenvalue weighted by Crippen LogP contribution is -2.51. The van der Waals surface area contributed by atoms with Crippen molar-refractivity contribution in [3.63, 3.8) is 0 Å². The van der Waals surface area contributed by atoms with E-state index in [-0.39, 0.29) is 12.3 Å². The number of hydrogen-bond acceptors (Lipinski definition) is 5. The highest BCUT2D eigenvalue weighted by Crippen LogP contribution is 2.14. The molecular formula is C13H16N2O4. The summed E-state index contributed by atoms with van der Waals surface area (Å²) in [6.07, 6.45) is -0.847. The third kappa shape index (κ3) is 3.45. The van der Waals surface area contributed by atoms with Crippen molar-refractivity contribution in [1.82, 2.24) is 5.01 Å². The van der Waals surface area contributed by atoms with Crippen LogP contribution in [0.2, 0.25) is 0 Å². The number of anilines is 1. The highest BCUT2D eigenvalue weighted by Gasteiger charge is 2.31. The fraction of sp³-hybridized carbons (Fsp3) is 0.385. The van der Waals surface area contributed by atoms with E-state index in [2.05, 4.69) is 10.2 Å². The van der Waals surface area contributed by atoms with Gasteiger partial charge >= 0.3 is 5.97 Å².